The normalized spacial score (nSPS) is 11.4. The highest BCUT2D eigenvalue weighted by Gasteiger charge is 2.16. The minimum absolute atomic E-state index is 0.907. The number of anilines is 3. The molecule has 0 atom stereocenters. The number of rotatable bonds is 7. The smallest absolute Gasteiger partial charge is 0.143 e. The van der Waals surface area contributed by atoms with E-state index >= 15 is 0 Å². The third kappa shape index (κ3) is 6.00. The van der Waals surface area contributed by atoms with Gasteiger partial charge in [-0.15, -0.1) is 0 Å². The van der Waals surface area contributed by atoms with Crippen molar-refractivity contribution in [1.82, 2.24) is 0 Å². The molecule has 0 bridgehead atoms. The van der Waals surface area contributed by atoms with Gasteiger partial charge in [0.05, 0.1) is 0 Å². The average Bonchev–Trinajstić information content (AvgIpc) is 3.69. The van der Waals surface area contributed by atoms with Gasteiger partial charge in [0.1, 0.15) is 11.2 Å². The third-order valence-corrected chi connectivity index (χ3v) is 11.5. The molecule has 0 aliphatic rings. The molecule has 0 unspecified atom stereocenters. The first kappa shape index (κ1) is 33.6. The molecule has 11 rings (SSSR count). The fraction of sp³-hybridized carbons (Fsp3) is 0. The molecule has 0 amide bonds. The molecule has 0 radical (unpaired) electrons. The zero-order chi connectivity index (χ0) is 38.4. The Kier molecular flexibility index (Phi) is 8.19. The second-order valence-electron chi connectivity index (χ2n) is 14.9. The SMILES string of the molecule is c1ccc2cc(-c3ccc(N(c4ccc(-c5ccc(-c6cccc7ccccc67)cc5)cc4)c4ccc(-c5cccc6c5oc5ccccc56)cc4)cc3)ccc2c1. The quantitative estimate of drug-likeness (QED) is 0.162. The number of hydrogen-bond donors (Lipinski definition) is 0. The van der Waals surface area contributed by atoms with Crippen molar-refractivity contribution in [1.29, 1.82) is 0 Å². The van der Waals surface area contributed by atoms with Crippen LogP contribution in [0.4, 0.5) is 17.1 Å². The van der Waals surface area contributed by atoms with Crippen LogP contribution in [0.5, 0.6) is 0 Å². The standard InChI is InChI=1S/C56H37NO/c1-2-11-45-37-46(24-21-38(45)9-1)41-27-33-48(34-28-41)57(49-35-29-44(30-36-49)52-16-8-17-54-53-14-5-6-18-55(53)58-56(52)54)47-31-25-40(26-32-47)39-19-22-43(23-20-39)51-15-7-12-42-10-3-4-13-50(42)51/h1-37H. The van der Waals surface area contributed by atoms with Gasteiger partial charge in [0.25, 0.3) is 0 Å². The Bertz CT molecular complexity index is 3240. The van der Waals surface area contributed by atoms with Crippen LogP contribution in [0, 0.1) is 0 Å². The summed E-state index contributed by atoms with van der Waals surface area (Å²) >= 11 is 0. The van der Waals surface area contributed by atoms with Crippen LogP contribution in [0.3, 0.4) is 0 Å². The monoisotopic (exact) mass is 739 g/mol. The maximum atomic E-state index is 6.41. The lowest BCUT2D eigenvalue weighted by Gasteiger charge is -2.26. The largest absolute Gasteiger partial charge is 0.455 e. The predicted octanol–water partition coefficient (Wildman–Crippen LogP) is 16.0. The summed E-state index contributed by atoms with van der Waals surface area (Å²) < 4.78 is 6.41. The molecule has 0 spiro atoms. The highest BCUT2D eigenvalue weighted by Crippen LogP contribution is 2.40. The van der Waals surface area contributed by atoms with Crippen molar-refractivity contribution in [2.75, 3.05) is 4.90 Å². The van der Waals surface area contributed by atoms with E-state index in [0.29, 0.717) is 0 Å². The fourth-order valence-corrected chi connectivity index (χ4v) is 8.51. The summed E-state index contributed by atoms with van der Waals surface area (Å²) in [6.07, 6.45) is 0. The van der Waals surface area contributed by atoms with E-state index in [0.717, 1.165) is 50.1 Å². The van der Waals surface area contributed by atoms with Crippen molar-refractivity contribution in [2.45, 2.75) is 0 Å². The fourth-order valence-electron chi connectivity index (χ4n) is 8.51. The van der Waals surface area contributed by atoms with Gasteiger partial charge in [-0.05, 0) is 109 Å². The van der Waals surface area contributed by atoms with Gasteiger partial charge < -0.3 is 9.32 Å². The first-order valence-electron chi connectivity index (χ1n) is 19.8. The zero-order valence-corrected chi connectivity index (χ0v) is 31.7. The van der Waals surface area contributed by atoms with Crippen molar-refractivity contribution in [2.24, 2.45) is 0 Å². The Morgan fingerprint density at radius 1 is 0.276 bits per heavy atom. The summed E-state index contributed by atoms with van der Waals surface area (Å²) in [5, 5.41) is 7.29. The van der Waals surface area contributed by atoms with E-state index in [1.807, 2.05) is 12.1 Å². The molecule has 1 aromatic heterocycles. The van der Waals surface area contributed by atoms with Crippen LogP contribution in [0.1, 0.15) is 0 Å². The lowest BCUT2D eigenvalue weighted by Crippen LogP contribution is -2.09. The van der Waals surface area contributed by atoms with Gasteiger partial charge in [0, 0.05) is 33.4 Å². The van der Waals surface area contributed by atoms with Gasteiger partial charge in [-0.25, -0.2) is 0 Å². The molecule has 0 aliphatic heterocycles. The van der Waals surface area contributed by atoms with Crippen LogP contribution in [0.25, 0.3) is 88.0 Å². The molecule has 1 heterocycles. The van der Waals surface area contributed by atoms with Crippen molar-refractivity contribution in [3.8, 4) is 44.5 Å². The molecule has 0 N–H and O–H groups in total. The van der Waals surface area contributed by atoms with E-state index in [1.165, 1.54) is 54.9 Å². The number of fused-ring (bicyclic) bond motifs is 5. The molecule has 2 heteroatoms. The zero-order valence-electron chi connectivity index (χ0n) is 31.7. The summed E-state index contributed by atoms with van der Waals surface area (Å²) in [5.41, 5.74) is 14.5. The van der Waals surface area contributed by atoms with Crippen LogP contribution in [0.2, 0.25) is 0 Å². The third-order valence-electron chi connectivity index (χ3n) is 11.5. The van der Waals surface area contributed by atoms with Gasteiger partial charge in [0.2, 0.25) is 0 Å². The summed E-state index contributed by atoms with van der Waals surface area (Å²) in [6.45, 7) is 0. The topological polar surface area (TPSA) is 16.4 Å². The summed E-state index contributed by atoms with van der Waals surface area (Å²) in [7, 11) is 0. The van der Waals surface area contributed by atoms with Gasteiger partial charge in [-0.3, -0.25) is 0 Å². The summed E-state index contributed by atoms with van der Waals surface area (Å²) in [6, 6.07) is 80.6. The Hall–Kier alpha value is -7.68. The highest BCUT2D eigenvalue weighted by molar-refractivity contribution is 6.09. The number of nitrogens with zero attached hydrogens (tertiary/aromatic N) is 1. The van der Waals surface area contributed by atoms with Crippen LogP contribution < -0.4 is 4.90 Å². The molecule has 0 fully saturated rings. The molecule has 0 aliphatic carbocycles. The first-order valence-corrected chi connectivity index (χ1v) is 19.8. The number of benzene rings is 10. The second-order valence-corrected chi connectivity index (χ2v) is 14.9. The van der Waals surface area contributed by atoms with E-state index in [1.54, 1.807) is 0 Å². The Morgan fingerprint density at radius 3 is 1.43 bits per heavy atom. The molecule has 10 aromatic carbocycles. The molecule has 0 saturated heterocycles. The predicted molar refractivity (Wildman–Crippen MR) is 245 cm³/mol. The Labute approximate surface area is 337 Å². The van der Waals surface area contributed by atoms with E-state index in [2.05, 4.69) is 217 Å². The van der Waals surface area contributed by atoms with Crippen LogP contribution in [-0.4, -0.2) is 0 Å². The Morgan fingerprint density at radius 2 is 0.724 bits per heavy atom. The molecular formula is C56H37NO. The maximum absolute atomic E-state index is 6.41. The highest BCUT2D eigenvalue weighted by atomic mass is 16.3. The lowest BCUT2D eigenvalue weighted by molar-refractivity contribution is 0.670. The molecule has 0 saturated carbocycles. The number of hydrogen-bond acceptors (Lipinski definition) is 2. The maximum Gasteiger partial charge on any atom is 0.143 e. The minimum Gasteiger partial charge on any atom is -0.455 e. The van der Waals surface area contributed by atoms with E-state index in [9.17, 15) is 0 Å². The van der Waals surface area contributed by atoms with E-state index in [-0.39, 0.29) is 0 Å². The second kappa shape index (κ2) is 14.1. The number of para-hydroxylation sites is 2. The van der Waals surface area contributed by atoms with Crippen molar-refractivity contribution >= 4 is 60.5 Å². The van der Waals surface area contributed by atoms with Gasteiger partial charge in [0.15, 0.2) is 0 Å². The van der Waals surface area contributed by atoms with E-state index < -0.39 is 0 Å². The summed E-state index contributed by atoms with van der Waals surface area (Å²) in [5.74, 6) is 0. The minimum atomic E-state index is 0.907. The Balaban J connectivity index is 0.948. The lowest BCUT2D eigenvalue weighted by atomic mass is 9.96. The molecule has 2 nitrogen and oxygen atoms in total. The average molecular weight is 740 g/mol. The number of furan rings is 1. The van der Waals surface area contributed by atoms with Crippen molar-refractivity contribution in [3.05, 3.63) is 224 Å². The van der Waals surface area contributed by atoms with E-state index in [4.69, 9.17) is 4.42 Å². The van der Waals surface area contributed by atoms with Gasteiger partial charge in [-0.2, -0.15) is 0 Å². The molecule has 58 heavy (non-hydrogen) atoms. The first-order chi connectivity index (χ1) is 28.7. The van der Waals surface area contributed by atoms with Crippen molar-refractivity contribution < 1.29 is 4.42 Å². The van der Waals surface area contributed by atoms with Gasteiger partial charge in [-0.1, -0.05) is 176 Å². The van der Waals surface area contributed by atoms with Crippen LogP contribution in [-0.2, 0) is 0 Å². The summed E-state index contributed by atoms with van der Waals surface area (Å²) in [4.78, 5) is 2.34. The van der Waals surface area contributed by atoms with Crippen molar-refractivity contribution in [3.63, 3.8) is 0 Å². The van der Waals surface area contributed by atoms with Crippen LogP contribution >= 0.6 is 0 Å². The molecule has 272 valence electrons. The molecule has 11 aromatic rings. The van der Waals surface area contributed by atoms with Gasteiger partial charge >= 0.3 is 0 Å². The van der Waals surface area contributed by atoms with Crippen LogP contribution in [0.15, 0.2) is 229 Å². The molecular weight excluding hydrogens is 703 g/mol.